The van der Waals surface area contributed by atoms with Crippen LogP contribution in [0.15, 0.2) is 41.3 Å². The van der Waals surface area contributed by atoms with E-state index in [2.05, 4.69) is 27.6 Å². The van der Waals surface area contributed by atoms with Gasteiger partial charge in [-0.15, -0.1) is 0 Å². The molecule has 3 rings (SSSR count). The molecular formula is C15H16ClN3O2. The van der Waals surface area contributed by atoms with Gasteiger partial charge in [-0.3, -0.25) is 4.79 Å². The largest absolute Gasteiger partial charge is 0.379 e. The molecule has 110 valence electrons. The number of aromatic nitrogens is 2. The van der Waals surface area contributed by atoms with Crippen molar-refractivity contribution in [1.29, 1.82) is 0 Å². The Bertz CT molecular complexity index is 659. The maximum atomic E-state index is 11.5. The summed E-state index contributed by atoms with van der Waals surface area (Å²) in [5.74, 6) is 0. The Labute approximate surface area is 127 Å². The average Bonchev–Trinajstić information content (AvgIpc) is 2.53. The van der Waals surface area contributed by atoms with Crippen LogP contribution in [0.25, 0.3) is 0 Å². The van der Waals surface area contributed by atoms with Crippen LogP contribution in [0.4, 0.5) is 5.69 Å². The molecule has 0 bridgehead atoms. The smallest absolute Gasteiger partial charge is 0.285 e. The summed E-state index contributed by atoms with van der Waals surface area (Å²) >= 11 is 5.99. The lowest BCUT2D eigenvalue weighted by molar-refractivity contribution is 0.00979. The number of hydrogen-bond acceptors (Lipinski definition) is 4. The summed E-state index contributed by atoms with van der Waals surface area (Å²) in [4.78, 5) is 11.5. The van der Waals surface area contributed by atoms with Crippen LogP contribution in [0.1, 0.15) is 24.5 Å². The molecule has 2 atom stereocenters. The molecule has 21 heavy (non-hydrogen) atoms. The predicted molar refractivity (Wildman–Crippen MR) is 81.6 cm³/mol. The van der Waals surface area contributed by atoms with Crippen LogP contribution in [0.5, 0.6) is 0 Å². The van der Waals surface area contributed by atoms with Crippen molar-refractivity contribution in [3.05, 3.63) is 57.5 Å². The van der Waals surface area contributed by atoms with Gasteiger partial charge in [0.25, 0.3) is 5.56 Å². The molecule has 5 nitrogen and oxygen atoms in total. The van der Waals surface area contributed by atoms with E-state index in [1.54, 1.807) is 0 Å². The number of rotatable bonds is 3. The quantitative estimate of drug-likeness (QED) is 0.915. The molecule has 2 heterocycles. The van der Waals surface area contributed by atoms with Crippen LogP contribution in [0.2, 0.25) is 5.02 Å². The van der Waals surface area contributed by atoms with Crippen molar-refractivity contribution in [2.45, 2.75) is 25.0 Å². The second-order valence-corrected chi connectivity index (χ2v) is 5.44. The van der Waals surface area contributed by atoms with Crippen molar-refractivity contribution in [2.24, 2.45) is 0 Å². The van der Waals surface area contributed by atoms with E-state index in [-0.39, 0.29) is 22.7 Å². The fourth-order valence-electron chi connectivity index (χ4n) is 2.53. The zero-order valence-electron chi connectivity index (χ0n) is 11.4. The van der Waals surface area contributed by atoms with Crippen LogP contribution in [-0.2, 0) is 4.74 Å². The predicted octanol–water partition coefficient (Wildman–Crippen LogP) is 2.76. The number of halogens is 1. The number of hydrogen-bond donors (Lipinski definition) is 2. The molecule has 6 heteroatoms. The summed E-state index contributed by atoms with van der Waals surface area (Å²) in [6.07, 6.45) is 3.29. The highest BCUT2D eigenvalue weighted by Gasteiger charge is 2.24. The number of nitrogens with zero attached hydrogens (tertiary/aromatic N) is 1. The monoisotopic (exact) mass is 305 g/mol. The SMILES string of the molecule is O=c1[nH]ncc(NC2CCOC(c3ccccc3)C2)c1Cl. The molecule has 1 saturated heterocycles. The number of benzene rings is 1. The Morgan fingerprint density at radius 2 is 2.14 bits per heavy atom. The first-order chi connectivity index (χ1) is 10.2. The summed E-state index contributed by atoms with van der Waals surface area (Å²) in [5.41, 5.74) is 1.35. The first-order valence-corrected chi connectivity index (χ1v) is 7.28. The molecule has 0 saturated carbocycles. The van der Waals surface area contributed by atoms with Crippen molar-refractivity contribution in [1.82, 2.24) is 10.2 Å². The number of nitrogens with one attached hydrogen (secondary N) is 2. The molecule has 0 radical (unpaired) electrons. The molecule has 0 amide bonds. The van der Waals surface area contributed by atoms with Crippen molar-refractivity contribution in [2.75, 3.05) is 11.9 Å². The molecule has 2 aromatic rings. The normalized spacial score (nSPS) is 22.0. The first-order valence-electron chi connectivity index (χ1n) is 6.90. The van der Waals surface area contributed by atoms with Gasteiger partial charge >= 0.3 is 0 Å². The molecule has 2 N–H and O–H groups in total. The molecular weight excluding hydrogens is 290 g/mol. The Morgan fingerprint density at radius 1 is 1.33 bits per heavy atom. The zero-order chi connectivity index (χ0) is 14.7. The van der Waals surface area contributed by atoms with E-state index in [4.69, 9.17) is 16.3 Å². The summed E-state index contributed by atoms with van der Waals surface area (Å²) in [6.45, 7) is 0.672. The van der Waals surface area contributed by atoms with Gasteiger partial charge in [-0.1, -0.05) is 41.9 Å². The number of ether oxygens (including phenoxy) is 1. The minimum Gasteiger partial charge on any atom is -0.379 e. The van der Waals surface area contributed by atoms with Gasteiger partial charge in [0.1, 0.15) is 5.02 Å². The second kappa shape index (κ2) is 6.28. The fraction of sp³-hybridized carbons (Fsp3) is 0.333. The molecule has 0 spiro atoms. The summed E-state index contributed by atoms with van der Waals surface area (Å²) in [6, 6.07) is 10.3. The van der Waals surface area contributed by atoms with Crippen LogP contribution < -0.4 is 10.9 Å². The van der Waals surface area contributed by atoms with Gasteiger partial charge in [0.05, 0.1) is 18.0 Å². The van der Waals surface area contributed by atoms with Gasteiger partial charge < -0.3 is 10.1 Å². The highest BCUT2D eigenvalue weighted by Crippen LogP contribution is 2.30. The standard InChI is InChI=1S/C15H16ClN3O2/c16-14-12(9-17-19-15(14)20)18-11-6-7-21-13(8-11)10-4-2-1-3-5-10/h1-5,9,11,13H,6-8H2,(H2,18,19,20). The number of H-pyrrole nitrogens is 1. The minimum atomic E-state index is -0.381. The van der Waals surface area contributed by atoms with E-state index in [0.717, 1.165) is 12.8 Å². The molecule has 1 fully saturated rings. The van der Waals surface area contributed by atoms with Gasteiger partial charge in [0, 0.05) is 12.6 Å². The molecule has 1 aliphatic rings. The lowest BCUT2D eigenvalue weighted by Gasteiger charge is -2.31. The lowest BCUT2D eigenvalue weighted by Crippen LogP contribution is -2.30. The Kier molecular flexibility index (Phi) is 4.22. The second-order valence-electron chi connectivity index (χ2n) is 5.06. The van der Waals surface area contributed by atoms with Crippen LogP contribution in [0, 0.1) is 0 Å². The third-order valence-corrected chi connectivity index (χ3v) is 3.99. The van der Waals surface area contributed by atoms with Crippen molar-refractivity contribution < 1.29 is 4.74 Å². The highest BCUT2D eigenvalue weighted by atomic mass is 35.5. The number of aromatic amines is 1. The fourth-order valence-corrected chi connectivity index (χ4v) is 2.68. The van der Waals surface area contributed by atoms with Crippen LogP contribution >= 0.6 is 11.6 Å². The molecule has 2 unspecified atom stereocenters. The van der Waals surface area contributed by atoms with Crippen LogP contribution in [0.3, 0.4) is 0 Å². The van der Waals surface area contributed by atoms with Crippen molar-refractivity contribution in [3.63, 3.8) is 0 Å². The van der Waals surface area contributed by atoms with Crippen LogP contribution in [-0.4, -0.2) is 22.8 Å². The maximum Gasteiger partial charge on any atom is 0.285 e. The zero-order valence-corrected chi connectivity index (χ0v) is 12.1. The maximum absolute atomic E-state index is 11.5. The Morgan fingerprint density at radius 3 is 2.95 bits per heavy atom. The third-order valence-electron chi connectivity index (χ3n) is 3.61. The van der Waals surface area contributed by atoms with E-state index < -0.39 is 0 Å². The summed E-state index contributed by atoms with van der Waals surface area (Å²) in [7, 11) is 0. The van der Waals surface area contributed by atoms with Gasteiger partial charge in [-0.05, 0) is 18.4 Å². The third kappa shape index (κ3) is 3.25. The Balaban J connectivity index is 1.72. The van der Waals surface area contributed by atoms with Gasteiger partial charge in [0.2, 0.25) is 0 Å². The topological polar surface area (TPSA) is 67.0 Å². The van der Waals surface area contributed by atoms with Gasteiger partial charge in [-0.25, -0.2) is 5.10 Å². The van der Waals surface area contributed by atoms with E-state index in [1.807, 2.05) is 18.2 Å². The van der Waals surface area contributed by atoms with E-state index in [1.165, 1.54) is 11.8 Å². The Hall–Kier alpha value is -1.85. The average molecular weight is 306 g/mol. The van der Waals surface area contributed by atoms with E-state index >= 15 is 0 Å². The summed E-state index contributed by atoms with van der Waals surface area (Å²) in [5, 5.41) is 9.52. The molecule has 1 aromatic carbocycles. The van der Waals surface area contributed by atoms with Crippen molar-refractivity contribution in [3.8, 4) is 0 Å². The van der Waals surface area contributed by atoms with E-state index in [0.29, 0.717) is 12.3 Å². The number of anilines is 1. The van der Waals surface area contributed by atoms with Gasteiger partial charge in [-0.2, -0.15) is 5.10 Å². The summed E-state index contributed by atoms with van der Waals surface area (Å²) < 4.78 is 5.83. The van der Waals surface area contributed by atoms with Crippen molar-refractivity contribution >= 4 is 17.3 Å². The first kappa shape index (κ1) is 14.1. The lowest BCUT2D eigenvalue weighted by atomic mass is 9.97. The van der Waals surface area contributed by atoms with Gasteiger partial charge in [0.15, 0.2) is 0 Å². The minimum absolute atomic E-state index is 0.0613. The highest BCUT2D eigenvalue weighted by molar-refractivity contribution is 6.32. The van der Waals surface area contributed by atoms with E-state index in [9.17, 15) is 4.79 Å². The molecule has 1 aromatic heterocycles. The molecule has 1 aliphatic heterocycles. The molecule has 0 aliphatic carbocycles.